The summed E-state index contributed by atoms with van der Waals surface area (Å²) in [6.45, 7) is 9.30. The number of carbonyl (C=O) groups is 1. The second-order valence-electron chi connectivity index (χ2n) is 4.23. The molecule has 1 rings (SSSR count). The Morgan fingerprint density at radius 2 is 1.81 bits per heavy atom. The van der Waals surface area contributed by atoms with Crippen molar-refractivity contribution >= 4 is 6.09 Å². The highest BCUT2D eigenvalue weighted by molar-refractivity contribution is 5.67. The van der Waals surface area contributed by atoms with E-state index in [-0.39, 0.29) is 6.09 Å². The molecule has 0 atom stereocenters. The Balaban J connectivity index is 2.15. The lowest BCUT2D eigenvalue weighted by Gasteiger charge is -2.33. The van der Waals surface area contributed by atoms with E-state index in [1.807, 2.05) is 6.92 Å². The first-order chi connectivity index (χ1) is 7.77. The molecule has 1 aliphatic heterocycles. The summed E-state index contributed by atoms with van der Waals surface area (Å²) >= 11 is 0. The Labute approximate surface area is 98.5 Å². The average molecular weight is 228 g/mol. The molecule has 1 aliphatic rings. The number of amides is 1. The van der Waals surface area contributed by atoms with Crippen LogP contribution in [0.25, 0.3) is 0 Å². The molecule has 0 aromatic rings. The predicted octanol–water partition coefficient (Wildman–Crippen LogP) is 1.95. The van der Waals surface area contributed by atoms with Crippen molar-refractivity contribution in [3.05, 3.63) is 0 Å². The van der Waals surface area contributed by atoms with Crippen LogP contribution >= 0.6 is 0 Å². The minimum Gasteiger partial charge on any atom is -0.450 e. The van der Waals surface area contributed by atoms with Crippen LogP contribution in [0.1, 0.15) is 33.1 Å². The number of carbonyl (C=O) groups excluding carboxylic acids is 1. The monoisotopic (exact) mass is 228 g/mol. The maximum absolute atomic E-state index is 11.5. The van der Waals surface area contributed by atoms with E-state index in [0.29, 0.717) is 6.61 Å². The van der Waals surface area contributed by atoms with Crippen molar-refractivity contribution in [1.29, 1.82) is 0 Å². The lowest BCUT2D eigenvalue weighted by atomic mass is 10.2. The Kier molecular flexibility index (Phi) is 6.23. The van der Waals surface area contributed by atoms with E-state index in [2.05, 4.69) is 11.8 Å². The molecule has 0 N–H and O–H groups in total. The number of rotatable bonds is 5. The number of unbranched alkanes of at least 4 members (excludes halogenated alkanes) is 2. The van der Waals surface area contributed by atoms with Gasteiger partial charge in [0.15, 0.2) is 0 Å². The van der Waals surface area contributed by atoms with Gasteiger partial charge >= 0.3 is 6.09 Å². The molecule has 0 radical (unpaired) electrons. The summed E-state index contributed by atoms with van der Waals surface area (Å²) in [7, 11) is 0. The van der Waals surface area contributed by atoms with Crippen LogP contribution in [-0.2, 0) is 4.74 Å². The molecule has 0 aromatic carbocycles. The van der Waals surface area contributed by atoms with Crippen molar-refractivity contribution in [1.82, 2.24) is 9.80 Å². The van der Waals surface area contributed by atoms with Crippen LogP contribution in [0.3, 0.4) is 0 Å². The zero-order valence-corrected chi connectivity index (χ0v) is 10.6. The second kappa shape index (κ2) is 7.49. The number of nitrogens with zero attached hydrogens (tertiary/aromatic N) is 2. The van der Waals surface area contributed by atoms with Crippen molar-refractivity contribution in [3.63, 3.8) is 0 Å². The smallest absolute Gasteiger partial charge is 0.409 e. The summed E-state index contributed by atoms with van der Waals surface area (Å²) in [6, 6.07) is 0. The fourth-order valence-electron chi connectivity index (χ4n) is 1.95. The molecule has 4 heteroatoms. The van der Waals surface area contributed by atoms with E-state index in [1.54, 1.807) is 4.90 Å². The van der Waals surface area contributed by atoms with E-state index >= 15 is 0 Å². The number of hydrogen-bond acceptors (Lipinski definition) is 3. The molecule has 0 aromatic heterocycles. The van der Waals surface area contributed by atoms with Gasteiger partial charge in [-0.2, -0.15) is 0 Å². The summed E-state index contributed by atoms with van der Waals surface area (Å²) in [6.07, 6.45) is 3.69. The normalized spacial score (nSPS) is 17.5. The summed E-state index contributed by atoms with van der Waals surface area (Å²) < 4.78 is 4.98. The van der Waals surface area contributed by atoms with Crippen molar-refractivity contribution < 1.29 is 9.53 Å². The summed E-state index contributed by atoms with van der Waals surface area (Å²) in [5, 5.41) is 0. The van der Waals surface area contributed by atoms with E-state index in [4.69, 9.17) is 4.74 Å². The van der Waals surface area contributed by atoms with Crippen molar-refractivity contribution in [2.24, 2.45) is 0 Å². The highest BCUT2D eigenvalue weighted by atomic mass is 16.6. The SMILES string of the molecule is CCCCCN1CCN(C(=O)OCC)CC1. The highest BCUT2D eigenvalue weighted by Crippen LogP contribution is 2.05. The number of piperazine rings is 1. The van der Waals surface area contributed by atoms with Gasteiger partial charge in [0.25, 0.3) is 0 Å². The molecule has 0 unspecified atom stereocenters. The zero-order chi connectivity index (χ0) is 11.8. The van der Waals surface area contributed by atoms with Crippen LogP contribution in [0.5, 0.6) is 0 Å². The summed E-state index contributed by atoms with van der Waals surface area (Å²) in [5.74, 6) is 0. The Morgan fingerprint density at radius 1 is 1.12 bits per heavy atom. The van der Waals surface area contributed by atoms with Crippen LogP contribution in [-0.4, -0.2) is 55.2 Å². The fourth-order valence-corrected chi connectivity index (χ4v) is 1.95. The van der Waals surface area contributed by atoms with Crippen LogP contribution in [0.2, 0.25) is 0 Å². The summed E-state index contributed by atoms with van der Waals surface area (Å²) in [5.41, 5.74) is 0. The fraction of sp³-hybridized carbons (Fsp3) is 0.917. The molecular formula is C12H24N2O2. The molecule has 1 saturated heterocycles. The maximum atomic E-state index is 11.5. The van der Waals surface area contributed by atoms with Gasteiger partial charge in [0.2, 0.25) is 0 Å². The van der Waals surface area contributed by atoms with Gasteiger partial charge in [0.05, 0.1) is 6.61 Å². The minimum absolute atomic E-state index is 0.157. The largest absolute Gasteiger partial charge is 0.450 e. The number of ether oxygens (including phenoxy) is 1. The van der Waals surface area contributed by atoms with E-state index in [1.165, 1.54) is 25.8 Å². The minimum atomic E-state index is -0.157. The highest BCUT2D eigenvalue weighted by Gasteiger charge is 2.21. The molecule has 0 saturated carbocycles. The zero-order valence-electron chi connectivity index (χ0n) is 10.6. The first kappa shape index (κ1) is 13.3. The van der Waals surface area contributed by atoms with Crippen molar-refractivity contribution in [3.8, 4) is 0 Å². The Morgan fingerprint density at radius 3 is 2.38 bits per heavy atom. The van der Waals surface area contributed by atoms with Gasteiger partial charge in [-0.1, -0.05) is 19.8 Å². The molecule has 4 nitrogen and oxygen atoms in total. The molecule has 0 spiro atoms. The molecule has 1 amide bonds. The van der Waals surface area contributed by atoms with Gasteiger partial charge in [-0.05, 0) is 19.9 Å². The van der Waals surface area contributed by atoms with E-state index in [0.717, 1.165) is 26.2 Å². The van der Waals surface area contributed by atoms with Crippen LogP contribution in [0, 0.1) is 0 Å². The third-order valence-electron chi connectivity index (χ3n) is 2.98. The molecular weight excluding hydrogens is 204 g/mol. The molecule has 0 aliphatic carbocycles. The van der Waals surface area contributed by atoms with Crippen LogP contribution in [0.4, 0.5) is 4.79 Å². The topological polar surface area (TPSA) is 32.8 Å². The average Bonchev–Trinajstić information content (AvgIpc) is 2.30. The summed E-state index contributed by atoms with van der Waals surface area (Å²) in [4.78, 5) is 15.7. The van der Waals surface area contributed by atoms with Gasteiger partial charge in [0.1, 0.15) is 0 Å². The first-order valence-electron chi connectivity index (χ1n) is 6.42. The molecule has 16 heavy (non-hydrogen) atoms. The van der Waals surface area contributed by atoms with Gasteiger partial charge in [-0.25, -0.2) is 4.79 Å². The number of hydrogen-bond donors (Lipinski definition) is 0. The van der Waals surface area contributed by atoms with E-state index in [9.17, 15) is 4.79 Å². The van der Waals surface area contributed by atoms with Gasteiger partial charge in [-0.3, -0.25) is 4.90 Å². The van der Waals surface area contributed by atoms with Gasteiger partial charge in [-0.15, -0.1) is 0 Å². The lowest BCUT2D eigenvalue weighted by Crippen LogP contribution is -2.49. The van der Waals surface area contributed by atoms with E-state index < -0.39 is 0 Å². The first-order valence-corrected chi connectivity index (χ1v) is 6.42. The molecule has 94 valence electrons. The second-order valence-corrected chi connectivity index (χ2v) is 4.23. The third-order valence-corrected chi connectivity index (χ3v) is 2.98. The van der Waals surface area contributed by atoms with Gasteiger partial charge in [0, 0.05) is 26.2 Å². The van der Waals surface area contributed by atoms with Crippen molar-refractivity contribution in [2.75, 3.05) is 39.3 Å². The standard InChI is InChI=1S/C12H24N2O2/c1-3-5-6-7-13-8-10-14(11-9-13)12(15)16-4-2/h3-11H2,1-2H3. The third kappa shape index (κ3) is 4.39. The van der Waals surface area contributed by atoms with Crippen LogP contribution in [0.15, 0.2) is 0 Å². The Bertz CT molecular complexity index is 201. The van der Waals surface area contributed by atoms with Crippen molar-refractivity contribution in [2.45, 2.75) is 33.1 Å². The lowest BCUT2D eigenvalue weighted by molar-refractivity contribution is 0.0792. The molecule has 1 fully saturated rings. The predicted molar refractivity (Wildman–Crippen MR) is 64.6 cm³/mol. The van der Waals surface area contributed by atoms with Gasteiger partial charge < -0.3 is 9.64 Å². The molecule has 0 bridgehead atoms. The maximum Gasteiger partial charge on any atom is 0.409 e. The van der Waals surface area contributed by atoms with Crippen LogP contribution < -0.4 is 0 Å². The quantitative estimate of drug-likeness (QED) is 0.674. The molecule has 1 heterocycles. The Hall–Kier alpha value is -0.770.